The Labute approximate surface area is 172 Å². The molecule has 1 N–H and O–H groups in total. The molecule has 29 heavy (non-hydrogen) atoms. The van der Waals surface area contributed by atoms with E-state index in [4.69, 9.17) is 0 Å². The summed E-state index contributed by atoms with van der Waals surface area (Å²) in [6, 6.07) is 10.1. The number of carbonyl (C=O) groups is 1. The largest absolute Gasteiger partial charge is 0.344 e. The molecule has 2 heterocycles. The monoisotopic (exact) mass is 389 g/mol. The maximum absolute atomic E-state index is 12.7. The van der Waals surface area contributed by atoms with Gasteiger partial charge in [0.1, 0.15) is 0 Å². The lowest BCUT2D eigenvalue weighted by Crippen LogP contribution is -2.23. The highest BCUT2D eigenvalue weighted by molar-refractivity contribution is 6.04. The lowest BCUT2D eigenvalue weighted by atomic mass is 10.0. The molecule has 0 aliphatic heterocycles. The molecular formula is C23H27N5O. The summed E-state index contributed by atoms with van der Waals surface area (Å²) < 4.78 is 0. The highest BCUT2D eigenvalue weighted by atomic mass is 16.1. The van der Waals surface area contributed by atoms with Crippen molar-refractivity contribution in [3.63, 3.8) is 0 Å². The van der Waals surface area contributed by atoms with Crippen LogP contribution in [0.5, 0.6) is 0 Å². The number of pyridine rings is 1. The first-order chi connectivity index (χ1) is 14.1. The zero-order valence-corrected chi connectivity index (χ0v) is 17.2. The standard InChI is InChI=1S/C23H27N5O/c1-4-18-7-6-8-19(5-2)21(18)27-22(29)20-15-25-23(26-16-20)28(3)14-11-17-9-12-24-13-10-17/h6-10,12-13,15-16H,4-5,11,14H2,1-3H3,(H,27,29). The summed E-state index contributed by atoms with van der Waals surface area (Å²) in [5, 5.41) is 3.05. The quantitative estimate of drug-likeness (QED) is 0.632. The van der Waals surface area contributed by atoms with Gasteiger partial charge in [0, 0.05) is 44.1 Å². The molecule has 0 aliphatic carbocycles. The minimum absolute atomic E-state index is 0.188. The Morgan fingerprint density at radius 1 is 1.00 bits per heavy atom. The minimum atomic E-state index is -0.188. The van der Waals surface area contributed by atoms with E-state index >= 15 is 0 Å². The van der Waals surface area contributed by atoms with Gasteiger partial charge < -0.3 is 10.2 Å². The summed E-state index contributed by atoms with van der Waals surface area (Å²) in [7, 11) is 1.95. The summed E-state index contributed by atoms with van der Waals surface area (Å²) in [5.74, 6) is 0.408. The van der Waals surface area contributed by atoms with Crippen LogP contribution in [0.25, 0.3) is 0 Å². The second-order valence-electron chi connectivity index (χ2n) is 6.91. The molecule has 0 spiro atoms. The van der Waals surface area contributed by atoms with Crippen molar-refractivity contribution in [3.8, 4) is 0 Å². The third-order valence-electron chi connectivity index (χ3n) is 4.96. The Hall–Kier alpha value is -3.28. The summed E-state index contributed by atoms with van der Waals surface area (Å²) >= 11 is 0. The number of amides is 1. The molecule has 0 fully saturated rings. The Morgan fingerprint density at radius 2 is 1.62 bits per heavy atom. The van der Waals surface area contributed by atoms with Gasteiger partial charge in [-0.1, -0.05) is 32.0 Å². The maximum atomic E-state index is 12.7. The van der Waals surface area contributed by atoms with E-state index in [9.17, 15) is 4.79 Å². The number of para-hydroxylation sites is 1. The van der Waals surface area contributed by atoms with E-state index < -0.39 is 0 Å². The molecule has 6 nitrogen and oxygen atoms in total. The molecular weight excluding hydrogens is 362 g/mol. The number of anilines is 2. The van der Waals surface area contributed by atoms with Crippen molar-refractivity contribution in [2.24, 2.45) is 0 Å². The SMILES string of the molecule is CCc1cccc(CC)c1NC(=O)c1cnc(N(C)CCc2ccncc2)nc1. The van der Waals surface area contributed by atoms with Gasteiger partial charge in [0.15, 0.2) is 0 Å². The molecule has 1 amide bonds. The van der Waals surface area contributed by atoms with Gasteiger partial charge in [-0.3, -0.25) is 9.78 Å². The molecule has 2 aromatic heterocycles. The highest BCUT2D eigenvalue weighted by Gasteiger charge is 2.13. The van der Waals surface area contributed by atoms with E-state index in [1.807, 2.05) is 42.3 Å². The van der Waals surface area contributed by atoms with Crippen molar-refractivity contribution in [1.29, 1.82) is 0 Å². The third kappa shape index (κ3) is 5.16. The highest BCUT2D eigenvalue weighted by Crippen LogP contribution is 2.23. The molecule has 0 aliphatic rings. The number of aryl methyl sites for hydroxylation is 2. The molecule has 0 saturated heterocycles. The Kier molecular flexibility index (Phi) is 6.89. The number of benzene rings is 1. The molecule has 6 heteroatoms. The predicted molar refractivity (Wildman–Crippen MR) is 116 cm³/mol. The van der Waals surface area contributed by atoms with Gasteiger partial charge in [-0.2, -0.15) is 0 Å². The fourth-order valence-corrected chi connectivity index (χ4v) is 3.17. The fraction of sp³-hybridized carbons (Fsp3) is 0.304. The van der Waals surface area contributed by atoms with Crippen molar-refractivity contribution < 1.29 is 4.79 Å². The van der Waals surface area contributed by atoms with Crippen LogP contribution in [0.15, 0.2) is 55.1 Å². The van der Waals surface area contributed by atoms with Crippen LogP contribution >= 0.6 is 0 Å². The second-order valence-corrected chi connectivity index (χ2v) is 6.91. The number of hydrogen-bond donors (Lipinski definition) is 1. The van der Waals surface area contributed by atoms with Gasteiger partial charge in [-0.05, 0) is 48.1 Å². The number of carbonyl (C=O) groups excluding carboxylic acids is 1. The van der Waals surface area contributed by atoms with Crippen molar-refractivity contribution in [2.45, 2.75) is 33.1 Å². The third-order valence-corrected chi connectivity index (χ3v) is 4.96. The van der Waals surface area contributed by atoms with Crippen LogP contribution in [0, 0.1) is 0 Å². The summed E-state index contributed by atoms with van der Waals surface area (Å²) in [6.45, 7) is 4.95. The van der Waals surface area contributed by atoms with Gasteiger partial charge >= 0.3 is 0 Å². The van der Waals surface area contributed by atoms with Gasteiger partial charge in [0.25, 0.3) is 5.91 Å². The topological polar surface area (TPSA) is 71.0 Å². The van der Waals surface area contributed by atoms with Crippen molar-refractivity contribution in [3.05, 3.63) is 77.4 Å². The molecule has 0 radical (unpaired) electrons. The number of rotatable bonds is 8. The van der Waals surface area contributed by atoms with Gasteiger partial charge in [-0.25, -0.2) is 9.97 Å². The molecule has 150 valence electrons. The molecule has 0 unspecified atom stereocenters. The lowest BCUT2D eigenvalue weighted by Gasteiger charge is -2.17. The maximum Gasteiger partial charge on any atom is 0.258 e. The Balaban J connectivity index is 1.66. The molecule has 1 aromatic carbocycles. The van der Waals surface area contributed by atoms with Crippen LogP contribution < -0.4 is 10.2 Å². The van der Waals surface area contributed by atoms with Crippen LogP contribution in [0.3, 0.4) is 0 Å². The lowest BCUT2D eigenvalue weighted by molar-refractivity contribution is 0.102. The zero-order chi connectivity index (χ0) is 20.6. The van der Waals surface area contributed by atoms with E-state index in [0.29, 0.717) is 11.5 Å². The Bertz CT molecular complexity index is 919. The predicted octanol–water partition coefficient (Wildman–Crippen LogP) is 3.93. The minimum Gasteiger partial charge on any atom is -0.344 e. The van der Waals surface area contributed by atoms with Crippen molar-refractivity contribution in [2.75, 3.05) is 23.8 Å². The van der Waals surface area contributed by atoms with Gasteiger partial charge in [0.05, 0.1) is 5.56 Å². The normalized spacial score (nSPS) is 10.6. The van der Waals surface area contributed by atoms with E-state index in [2.05, 4.69) is 34.1 Å². The van der Waals surface area contributed by atoms with Crippen LogP contribution in [-0.4, -0.2) is 34.5 Å². The number of likely N-dealkylation sites (N-methyl/N-ethyl adjacent to an activating group) is 1. The summed E-state index contributed by atoms with van der Waals surface area (Å²) in [4.78, 5) is 27.5. The van der Waals surface area contributed by atoms with E-state index in [0.717, 1.165) is 42.6 Å². The number of hydrogen-bond acceptors (Lipinski definition) is 5. The van der Waals surface area contributed by atoms with Gasteiger partial charge in [-0.15, -0.1) is 0 Å². The summed E-state index contributed by atoms with van der Waals surface area (Å²) in [5.41, 5.74) is 4.83. The van der Waals surface area contributed by atoms with Crippen molar-refractivity contribution in [1.82, 2.24) is 15.0 Å². The van der Waals surface area contributed by atoms with E-state index in [-0.39, 0.29) is 5.91 Å². The number of nitrogens with zero attached hydrogens (tertiary/aromatic N) is 4. The smallest absolute Gasteiger partial charge is 0.258 e. The fourth-order valence-electron chi connectivity index (χ4n) is 3.17. The van der Waals surface area contributed by atoms with Gasteiger partial charge in [0.2, 0.25) is 5.95 Å². The average Bonchev–Trinajstić information content (AvgIpc) is 2.78. The first-order valence-electron chi connectivity index (χ1n) is 9.96. The van der Waals surface area contributed by atoms with Crippen LogP contribution in [0.4, 0.5) is 11.6 Å². The second kappa shape index (κ2) is 9.78. The van der Waals surface area contributed by atoms with E-state index in [1.165, 1.54) is 5.56 Å². The first kappa shape index (κ1) is 20.5. The van der Waals surface area contributed by atoms with E-state index in [1.54, 1.807) is 24.8 Å². The summed E-state index contributed by atoms with van der Waals surface area (Å²) in [6.07, 6.45) is 9.35. The zero-order valence-electron chi connectivity index (χ0n) is 17.2. The number of nitrogens with one attached hydrogen (secondary N) is 1. The Morgan fingerprint density at radius 3 is 2.21 bits per heavy atom. The molecule has 0 bridgehead atoms. The van der Waals surface area contributed by atoms with Crippen molar-refractivity contribution >= 4 is 17.5 Å². The van der Waals surface area contributed by atoms with Crippen LogP contribution in [-0.2, 0) is 19.3 Å². The van der Waals surface area contributed by atoms with Crippen LogP contribution in [0.2, 0.25) is 0 Å². The molecule has 3 rings (SSSR count). The first-order valence-corrected chi connectivity index (χ1v) is 9.96. The van der Waals surface area contributed by atoms with Crippen LogP contribution in [0.1, 0.15) is 40.9 Å². The average molecular weight is 390 g/mol. The molecule has 3 aromatic rings. The molecule has 0 saturated carbocycles. The molecule has 0 atom stereocenters. The number of aromatic nitrogens is 3.